The zero-order valence-corrected chi connectivity index (χ0v) is 6.12. The number of piperidine rings is 1. The number of carbonyl (C=O) groups excluding carboxylic acids is 1. The van der Waals surface area contributed by atoms with Crippen molar-refractivity contribution >= 4 is 6.41 Å². The van der Waals surface area contributed by atoms with Gasteiger partial charge in [0.2, 0.25) is 6.41 Å². The lowest BCUT2D eigenvalue weighted by Gasteiger charge is -2.28. The van der Waals surface area contributed by atoms with Gasteiger partial charge in [-0.1, -0.05) is 0 Å². The topological polar surface area (TPSA) is 46.3 Å². The van der Waals surface area contributed by atoms with Crippen molar-refractivity contribution in [3.8, 4) is 0 Å². The number of amides is 1. The first-order valence-corrected chi connectivity index (χ1v) is 3.76. The molecule has 3 nitrogen and oxygen atoms in total. The van der Waals surface area contributed by atoms with Crippen molar-refractivity contribution in [2.45, 2.75) is 12.8 Å². The minimum atomic E-state index is 0.541. The molecule has 1 amide bonds. The number of rotatable bonds is 2. The molecule has 0 bridgehead atoms. The maximum Gasteiger partial charge on any atom is 0.209 e. The number of hydrogen-bond donors (Lipinski definition) is 1. The summed E-state index contributed by atoms with van der Waals surface area (Å²) in [6.07, 6.45) is 3.21. The molecule has 0 spiro atoms. The smallest absolute Gasteiger partial charge is 0.209 e. The van der Waals surface area contributed by atoms with Crippen LogP contribution in [0.15, 0.2) is 0 Å². The van der Waals surface area contributed by atoms with Gasteiger partial charge in [-0.15, -0.1) is 0 Å². The summed E-state index contributed by atoms with van der Waals surface area (Å²) in [6, 6.07) is 0. The second-order valence-corrected chi connectivity index (χ2v) is 2.84. The molecule has 1 heterocycles. The van der Waals surface area contributed by atoms with Crippen molar-refractivity contribution in [1.29, 1.82) is 0 Å². The Morgan fingerprint density at radius 2 is 2.50 bits per heavy atom. The Balaban J connectivity index is 2.31. The lowest BCUT2D eigenvalue weighted by Crippen LogP contribution is -2.37. The highest BCUT2D eigenvalue weighted by molar-refractivity contribution is 5.47. The molecule has 2 N–H and O–H groups in total. The maximum atomic E-state index is 10.3. The average Bonchev–Trinajstić information content (AvgIpc) is 2.05. The van der Waals surface area contributed by atoms with E-state index >= 15 is 0 Å². The second kappa shape index (κ2) is 3.56. The van der Waals surface area contributed by atoms with Crippen molar-refractivity contribution in [2.24, 2.45) is 11.7 Å². The predicted molar refractivity (Wildman–Crippen MR) is 39.4 cm³/mol. The molecule has 1 fully saturated rings. The van der Waals surface area contributed by atoms with E-state index in [1.165, 1.54) is 6.42 Å². The minimum absolute atomic E-state index is 0.541. The lowest BCUT2D eigenvalue weighted by atomic mass is 9.99. The average molecular weight is 142 g/mol. The summed E-state index contributed by atoms with van der Waals surface area (Å²) >= 11 is 0. The summed E-state index contributed by atoms with van der Waals surface area (Å²) in [5.41, 5.74) is 5.48. The third kappa shape index (κ3) is 1.70. The Hall–Kier alpha value is -0.570. The van der Waals surface area contributed by atoms with Gasteiger partial charge in [0, 0.05) is 13.1 Å². The molecular weight excluding hydrogens is 128 g/mol. The Morgan fingerprint density at radius 3 is 3.10 bits per heavy atom. The monoisotopic (exact) mass is 142 g/mol. The first kappa shape index (κ1) is 7.54. The SMILES string of the molecule is NC[C@H]1CCCN(C=O)C1. The van der Waals surface area contributed by atoms with E-state index in [4.69, 9.17) is 5.73 Å². The standard InChI is InChI=1S/C7H14N2O/c8-4-7-2-1-3-9(5-7)6-10/h6-7H,1-5,8H2/t7-/m1/s1. The molecule has 1 rings (SSSR count). The maximum absolute atomic E-state index is 10.3. The fraction of sp³-hybridized carbons (Fsp3) is 0.857. The van der Waals surface area contributed by atoms with Crippen LogP contribution in [0.1, 0.15) is 12.8 Å². The third-order valence-electron chi connectivity index (χ3n) is 2.03. The number of nitrogens with two attached hydrogens (primary N) is 1. The minimum Gasteiger partial charge on any atom is -0.345 e. The molecule has 0 aromatic rings. The highest BCUT2D eigenvalue weighted by atomic mass is 16.1. The van der Waals surface area contributed by atoms with Gasteiger partial charge in [0.1, 0.15) is 0 Å². The van der Waals surface area contributed by atoms with Gasteiger partial charge in [-0.05, 0) is 25.3 Å². The van der Waals surface area contributed by atoms with Crippen LogP contribution in [0.2, 0.25) is 0 Å². The zero-order chi connectivity index (χ0) is 7.40. The van der Waals surface area contributed by atoms with E-state index in [1.54, 1.807) is 4.90 Å². The fourth-order valence-electron chi connectivity index (χ4n) is 1.39. The highest BCUT2D eigenvalue weighted by Gasteiger charge is 2.16. The summed E-state index contributed by atoms with van der Waals surface area (Å²) in [6.45, 7) is 2.49. The molecule has 0 radical (unpaired) electrons. The van der Waals surface area contributed by atoms with E-state index in [9.17, 15) is 4.79 Å². The van der Waals surface area contributed by atoms with Crippen LogP contribution in [0.5, 0.6) is 0 Å². The molecule has 0 unspecified atom stereocenters. The van der Waals surface area contributed by atoms with Gasteiger partial charge in [-0.2, -0.15) is 0 Å². The van der Waals surface area contributed by atoms with Crippen molar-refractivity contribution < 1.29 is 4.79 Å². The lowest BCUT2D eigenvalue weighted by molar-refractivity contribution is -0.119. The number of nitrogens with zero attached hydrogens (tertiary/aromatic N) is 1. The molecule has 3 heteroatoms. The number of hydrogen-bond acceptors (Lipinski definition) is 2. The van der Waals surface area contributed by atoms with Crippen LogP contribution in [-0.4, -0.2) is 30.9 Å². The summed E-state index contributed by atoms with van der Waals surface area (Å²) in [5.74, 6) is 0.541. The Bertz CT molecular complexity index is 116. The molecule has 10 heavy (non-hydrogen) atoms. The molecule has 0 aromatic carbocycles. The van der Waals surface area contributed by atoms with Gasteiger partial charge in [0.05, 0.1) is 0 Å². The molecule has 0 aromatic heterocycles. The highest BCUT2D eigenvalue weighted by Crippen LogP contribution is 2.12. The molecule has 1 aliphatic heterocycles. The van der Waals surface area contributed by atoms with Crippen molar-refractivity contribution in [2.75, 3.05) is 19.6 Å². The summed E-state index contributed by atoms with van der Waals surface area (Å²) in [7, 11) is 0. The number of carbonyl (C=O) groups is 1. The van der Waals surface area contributed by atoms with Crippen molar-refractivity contribution in [3.63, 3.8) is 0 Å². The summed E-state index contributed by atoms with van der Waals surface area (Å²) in [4.78, 5) is 12.1. The Labute approximate surface area is 61.2 Å². The van der Waals surface area contributed by atoms with E-state index < -0.39 is 0 Å². The first-order valence-electron chi connectivity index (χ1n) is 3.76. The van der Waals surface area contributed by atoms with Crippen LogP contribution in [0, 0.1) is 5.92 Å². The van der Waals surface area contributed by atoms with Crippen LogP contribution in [0.25, 0.3) is 0 Å². The van der Waals surface area contributed by atoms with Gasteiger partial charge < -0.3 is 10.6 Å². The molecular formula is C7H14N2O. The van der Waals surface area contributed by atoms with E-state index in [1.807, 2.05) is 0 Å². The van der Waals surface area contributed by atoms with Crippen molar-refractivity contribution in [1.82, 2.24) is 4.90 Å². The van der Waals surface area contributed by atoms with Crippen LogP contribution >= 0.6 is 0 Å². The van der Waals surface area contributed by atoms with Gasteiger partial charge in [-0.25, -0.2) is 0 Å². The quantitative estimate of drug-likeness (QED) is 0.543. The van der Waals surface area contributed by atoms with Crippen LogP contribution < -0.4 is 5.73 Å². The molecule has 1 atom stereocenters. The summed E-state index contributed by atoms with van der Waals surface area (Å²) in [5, 5.41) is 0. The van der Waals surface area contributed by atoms with E-state index in [0.29, 0.717) is 12.5 Å². The Morgan fingerprint density at radius 1 is 1.70 bits per heavy atom. The Kier molecular flexibility index (Phi) is 2.68. The van der Waals surface area contributed by atoms with E-state index in [0.717, 1.165) is 25.9 Å². The van der Waals surface area contributed by atoms with Crippen molar-refractivity contribution in [3.05, 3.63) is 0 Å². The van der Waals surface area contributed by atoms with E-state index in [-0.39, 0.29) is 0 Å². The van der Waals surface area contributed by atoms with Crippen LogP contribution in [0.4, 0.5) is 0 Å². The van der Waals surface area contributed by atoms with Gasteiger partial charge in [0.15, 0.2) is 0 Å². The largest absolute Gasteiger partial charge is 0.345 e. The molecule has 0 aliphatic carbocycles. The van der Waals surface area contributed by atoms with Gasteiger partial charge >= 0.3 is 0 Å². The summed E-state index contributed by atoms with van der Waals surface area (Å²) < 4.78 is 0. The molecule has 58 valence electrons. The van der Waals surface area contributed by atoms with Gasteiger partial charge in [0.25, 0.3) is 0 Å². The second-order valence-electron chi connectivity index (χ2n) is 2.84. The third-order valence-corrected chi connectivity index (χ3v) is 2.03. The predicted octanol–water partition coefficient (Wildman–Crippen LogP) is -0.186. The molecule has 1 saturated heterocycles. The molecule has 1 aliphatic rings. The normalized spacial score (nSPS) is 26.5. The number of likely N-dealkylation sites (tertiary alicyclic amines) is 1. The van der Waals surface area contributed by atoms with Crippen LogP contribution in [-0.2, 0) is 4.79 Å². The van der Waals surface area contributed by atoms with Crippen LogP contribution in [0.3, 0.4) is 0 Å². The zero-order valence-electron chi connectivity index (χ0n) is 6.12. The van der Waals surface area contributed by atoms with Gasteiger partial charge in [-0.3, -0.25) is 4.79 Å². The first-order chi connectivity index (χ1) is 4.86. The molecule has 0 saturated carbocycles. The van der Waals surface area contributed by atoms with E-state index in [2.05, 4.69) is 0 Å². The fourth-order valence-corrected chi connectivity index (χ4v) is 1.39.